The van der Waals surface area contributed by atoms with E-state index in [4.69, 9.17) is 15.6 Å². The molecule has 1 aliphatic rings. The number of benzene rings is 1. The predicted molar refractivity (Wildman–Crippen MR) is 103 cm³/mol. The van der Waals surface area contributed by atoms with Gasteiger partial charge in [-0.1, -0.05) is 12.1 Å². The third-order valence-electron chi connectivity index (χ3n) is 4.70. The molecule has 7 heteroatoms. The second-order valence-electron chi connectivity index (χ2n) is 6.68. The van der Waals surface area contributed by atoms with Crippen LogP contribution in [-0.2, 0) is 22.9 Å². The number of hydrogen-bond acceptors (Lipinski definition) is 5. The van der Waals surface area contributed by atoms with E-state index in [0.29, 0.717) is 18.9 Å². The summed E-state index contributed by atoms with van der Waals surface area (Å²) in [5, 5.41) is 4.98. The van der Waals surface area contributed by atoms with Gasteiger partial charge in [-0.2, -0.15) is 0 Å². The first kappa shape index (κ1) is 18.7. The van der Waals surface area contributed by atoms with Crippen LogP contribution in [0, 0.1) is 0 Å². The van der Waals surface area contributed by atoms with E-state index in [-0.39, 0.29) is 5.75 Å². The smallest absolute Gasteiger partial charge is 0.213 e. The molecule has 0 amide bonds. The molecule has 6 nitrogen and oxygen atoms in total. The molecule has 26 heavy (non-hydrogen) atoms. The number of anilines is 1. The van der Waals surface area contributed by atoms with E-state index in [2.05, 4.69) is 17.1 Å². The van der Waals surface area contributed by atoms with E-state index >= 15 is 0 Å². The largest absolute Gasteiger partial charge is 0.478 e. The van der Waals surface area contributed by atoms with Crippen molar-refractivity contribution < 1.29 is 13.2 Å². The number of hydrogen-bond donors (Lipinski definition) is 2. The van der Waals surface area contributed by atoms with Crippen molar-refractivity contribution in [1.82, 2.24) is 4.98 Å². The summed E-state index contributed by atoms with van der Waals surface area (Å²) in [7, 11) is -3.37. The maximum absolute atomic E-state index is 10.9. The molecule has 0 spiro atoms. The summed E-state index contributed by atoms with van der Waals surface area (Å²) in [6.45, 7) is 0.487. The van der Waals surface area contributed by atoms with Crippen LogP contribution >= 0.6 is 0 Å². The SMILES string of the molecule is Nc1c(-c2ccnc(OCCCCCS(N)(=O)=O)c2)ccc2c1CCC2. The van der Waals surface area contributed by atoms with Crippen LogP contribution in [0.2, 0.25) is 0 Å². The van der Waals surface area contributed by atoms with Crippen LogP contribution in [0.1, 0.15) is 36.8 Å². The molecule has 0 radical (unpaired) electrons. The Morgan fingerprint density at radius 2 is 1.96 bits per heavy atom. The maximum Gasteiger partial charge on any atom is 0.213 e. The first-order valence-corrected chi connectivity index (χ1v) is 10.7. The molecule has 1 aromatic carbocycles. The van der Waals surface area contributed by atoms with Gasteiger partial charge in [-0.3, -0.25) is 0 Å². The molecule has 0 saturated heterocycles. The predicted octanol–water partition coefficient (Wildman–Crippen LogP) is 2.66. The van der Waals surface area contributed by atoms with Crippen molar-refractivity contribution in [2.24, 2.45) is 5.14 Å². The van der Waals surface area contributed by atoms with E-state index in [1.165, 1.54) is 17.5 Å². The van der Waals surface area contributed by atoms with Crippen molar-refractivity contribution in [3.63, 3.8) is 0 Å². The Labute approximate surface area is 154 Å². The highest BCUT2D eigenvalue weighted by Crippen LogP contribution is 2.35. The maximum atomic E-state index is 10.9. The molecule has 1 heterocycles. The summed E-state index contributed by atoms with van der Waals surface area (Å²) in [4.78, 5) is 4.25. The summed E-state index contributed by atoms with van der Waals surface area (Å²) in [6, 6.07) is 8.08. The highest BCUT2D eigenvalue weighted by molar-refractivity contribution is 7.89. The quantitative estimate of drug-likeness (QED) is 0.545. The van der Waals surface area contributed by atoms with Crippen molar-refractivity contribution in [2.45, 2.75) is 38.5 Å². The summed E-state index contributed by atoms with van der Waals surface area (Å²) >= 11 is 0. The van der Waals surface area contributed by atoms with E-state index in [0.717, 1.165) is 42.5 Å². The molecule has 1 aliphatic carbocycles. The van der Waals surface area contributed by atoms with Gasteiger partial charge in [-0.15, -0.1) is 0 Å². The van der Waals surface area contributed by atoms with Gasteiger partial charge in [0, 0.05) is 23.5 Å². The van der Waals surface area contributed by atoms with E-state index in [9.17, 15) is 8.42 Å². The molecule has 2 aromatic rings. The average molecular weight is 375 g/mol. The van der Waals surface area contributed by atoms with Crippen molar-refractivity contribution >= 4 is 15.7 Å². The Bertz CT molecular complexity index is 882. The molecular weight excluding hydrogens is 350 g/mol. The van der Waals surface area contributed by atoms with Gasteiger partial charge in [0.15, 0.2) is 0 Å². The topological polar surface area (TPSA) is 108 Å². The second-order valence-corrected chi connectivity index (χ2v) is 8.41. The van der Waals surface area contributed by atoms with Gasteiger partial charge in [0.25, 0.3) is 0 Å². The zero-order valence-electron chi connectivity index (χ0n) is 14.8. The molecule has 0 bridgehead atoms. The molecule has 0 unspecified atom stereocenters. The number of pyridine rings is 1. The summed E-state index contributed by atoms with van der Waals surface area (Å²) in [5.74, 6) is 0.562. The van der Waals surface area contributed by atoms with Crippen molar-refractivity contribution in [3.05, 3.63) is 41.6 Å². The van der Waals surface area contributed by atoms with Crippen LogP contribution in [-0.4, -0.2) is 25.8 Å². The number of ether oxygens (including phenoxy) is 1. The molecule has 1 aromatic heterocycles. The minimum atomic E-state index is -3.37. The first-order valence-electron chi connectivity index (χ1n) is 8.94. The number of fused-ring (bicyclic) bond motifs is 1. The molecule has 0 saturated carbocycles. The van der Waals surface area contributed by atoms with Gasteiger partial charge in [0.2, 0.25) is 15.9 Å². The van der Waals surface area contributed by atoms with Gasteiger partial charge in [0.1, 0.15) is 0 Å². The lowest BCUT2D eigenvalue weighted by atomic mass is 9.98. The Hall–Kier alpha value is -2.12. The number of aryl methyl sites for hydroxylation is 1. The Kier molecular flexibility index (Phi) is 5.78. The Morgan fingerprint density at radius 3 is 2.77 bits per heavy atom. The van der Waals surface area contributed by atoms with Crippen molar-refractivity contribution in [2.75, 3.05) is 18.1 Å². The standard InChI is InChI=1S/C19H25N3O3S/c20-19-16-6-4-5-14(16)7-8-17(19)15-9-10-22-18(13-15)25-11-2-1-3-12-26(21,23)24/h7-10,13H,1-6,11-12,20H2,(H2,21,23,24). The number of rotatable bonds is 8. The lowest BCUT2D eigenvalue weighted by Gasteiger charge is -2.12. The zero-order chi connectivity index (χ0) is 18.6. The van der Waals surface area contributed by atoms with Crippen LogP contribution in [0.3, 0.4) is 0 Å². The van der Waals surface area contributed by atoms with Crippen LogP contribution in [0.5, 0.6) is 5.88 Å². The molecule has 0 fully saturated rings. The first-order chi connectivity index (χ1) is 12.4. The van der Waals surface area contributed by atoms with Crippen LogP contribution in [0.15, 0.2) is 30.5 Å². The minimum Gasteiger partial charge on any atom is -0.478 e. The van der Waals surface area contributed by atoms with Crippen LogP contribution in [0.4, 0.5) is 5.69 Å². The van der Waals surface area contributed by atoms with Gasteiger partial charge in [-0.25, -0.2) is 18.5 Å². The van der Waals surface area contributed by atoms with Crippen molar-refractivity contribution in [1.29, 1.82) is 0 Å². The molecule has 140 valence electrons. The monoisotopic (exact) mass is 375 g/mol. The number of aromatic nitrogens is 1. The normalized spacial score (nSPS) is 13.6. The lowest BCUT2D eigenvalue weighted by Crippen LogP contribution is -2.16. The van der Waals surface area contributed by atoms with E-state index < -0.39 is 10.0 Å². The summed E-state index contributed by atoms with van der Waals surface area (Å²) in [6.07, 6.45) is 7.08. The molecule has 0 aliphatic heterocycles. The number of unbranched alkanes of at least 4 members (excludes halogenated alkanes) is 2. The molecule has 4 N–H and O–H groups in total. The Balaban J connectivity index is 1.59. The number of nitrogen functional groups attached to an aromatic ring is 1. The summed E-state index contributed by atoms with van der Waals surface area (Å²) < 4.78 is 27.5. The third-order valence-corrected chi connectivity index (χ3v) is 5.55. The average Bonchev–Trinajstić information content (AvgIpc) is 3.07. The molecule has 3 rings (SSSR count). The second kappa shape index (κ2) is 8.05. The van der Waals surface area contributed by atoms with Gasteiger partial charge in [-0.05, 0) is 61.3 Å². The number of primary sulfonamides is 1. The third kappa shape index (κ3) is 4.74. The number of nitrogens with zero attached hydrogens (tertiary/aromatic N) is 1. The highest BCUT2D eigenvalue weighted by Gasteiger charge is 2.17. The van der Waals surface area contributed by atoms with Crippen LogP contribution in [0.25, 0.3) is 11.1 Å². The van der Waals surface area contributed by atoms with E-state index in [1.807, 2.05) is 12.1 Å². The molecule has 0 atom stereocenters. The van der Waals surface area contributed by atoms with Crippen molar-refractivity contribution in [3.8, 4) is 17.0 Å². The zero-order valence-corrected chi connectivity index (χ0v) is 15.6. The van der Waals surface area contributed by atoms with Gasteiger partial charge < -0.3 is 10.5 Å². The number of sulfonamides is 1. The fourth-order valence-corrected chi connectivity index (χ4v) is 3.97. The lowest BCUT2D eigenvalue weighted by molar-refractivity contribution is 0.295. The highest BCUT2D eigenvalue weighted by atomic mass is 32.2. The minimum absolute atomic E-state index is 0.0122. The Morgan fingerprint density at radius 1 is 1.12 bits per heavy atom. The van der Waals surface area contributed by atoms with Crippen LogP contribution < -0.4 is 15.6 Å². The molecular formula is C19H25N3O3S. The summed E-state index contributed by atoms with van der Waals surface area (Å²) in [5.41, 5.74) is 11.9. The van der Waals surface area contributed by atoms with Gasteiger partial charge >= 0.3 is 0 Å². The fourth-order valence-electron chi connectivity index (χ4n) is 3.36. The van der Waals surface area contributed by atoms with E-state index in [1.54, 1.807) is 6.20 Å². The van der Waals surface area contributed by atoms with Gasteiger partial charge in [0.05, 0.1) is 12.4 Å². The number of nitrogens with two attached hydrogens (primary N) is 2. The fraction of sp³-hybridized carbons (Fsp3) is 0.421.